The zero-order valence-electron chi connectivity index (χ0n) is 17.3. The van der Waals surface area contributed by atoms with Crippen molar-refractivity contribution in [1.29, 1.82) is 0 Å². The quantitative estimate of drug-likeness (QED) is 0.319. The average Bonchev–Trinajstić information content (AvgIpc) is 3.34. The largest absolute Gasteiger partial charge is 0.356 e. The van der Waals surface area contributed by atoms with Gasteiger partial charge in [-0.15, -0.1) is 35.3 Å². The summed E-state index contributed by atoms with van der Waals surface area (Å²) in [5.74, 6) is 0.246. The fourth-order valence-electron chi connectivity index (χ4n) is 3.50. The summed E-state index contributed by atoms with van der Waals surface area (Å²) in [6.07, 6.45) is 6.51. The van der Waals surface area contributed by atoms with E-state index in [1.807, 2.05) is 0 Å². The molecule has 1 aliphatic carbocycles. The van der Waals surface area contributed by atoms with Crippen molar-refractivity contribution < 1.29 is 14.3 Å². The highest BCUT2D eigenvalue weighted by molar-refractivity contribution is 14.0. The van der Waals surface area contributed by atoms with Crippen LogP contribution in [0.3, 0.4) is 0 Å². The van der Waals surface area contributed by atoms with E-state index in [9.17, 15) is 4.79 Å². The number of likely N-dealkylation sites (N-methyl/N-ethyl adjacent to an activating group) is 1. The van der Waals surface area contributed by atoms with Crippen LogP contribution in [0, 0.1) is 0 Å². The summed E-state index contributed by atoms with van der Waals surface area (Å²) < 4.78 is 12.2. The van der Waals surface area contributed by atoms with Crippen molar-refractivity contribution in [1.82, 2.24) is 15.5 Å². The predicted molar refractivity (Wildman–Crippen MR) is 127 cm³/mol. The maximum Gasteiger partial charge on any atom is 0.243 e. The lowest BCUT2D eigenvalue weighted by molar-refractivity contribution is -0.186. The van der Waals surface area contributed by atoms with Crippen LogP contribution in [0.2, 0.25) is 0 Å². The highest BCUT2D eigenvalue weighted by Gasteiger charge is 2.42. The summed E-state index contributed by atoms with van der Waals surface area (Å²) in [6, 6.07) is 4.18. The highest BCUT2D eigenvalue weighted by Crippen LogP contribution is 2.37. The number of nitrogens with zero attached hydrogens (tertiary/aromatic N) is 2. The van der Waals surface area contributed by atoms with Gasteiger partial charge in [0, 0.05) is 44.9 Å². The minimum absolute atomic E-state index is 0. The molecule has 2 N–H and O–H groups in total. The summed E-state index contributed by atoms with van der Waals surface area (Å²) in [6.45, 7) is 2.09. The zero-order valence-corrected chi connectivity index (χ0v) is 20.5. The van der Waals surface area contributed by atoms with Gasteiger partial charge in [-0.3, -0.25) is 4.79 Å². The SMILES string of the molecule is CN(C)C(=O)CN=C(NCCc1cccs1)NCC1COC2(CCCCC2)O1.I. The van der Waals surface area contributed by atoms with Crippen molar-refractivity contribution in [3.63, 3.8) is 0 Å². The van der Waals surface area contributed by atoms with Crippen molar-refractivity contribution >= 4 is 47.2 Å². The van der Waals surface area contributed by atoms with Gasteiger partial charge in [0.1, 0.15) is 12.6 Å². The molecule has 1 saturated heterocycles. The molecule has 29 heavy (non-hydrogen) atoms. The van der Waals surface area contributed by atoms with Crippen LogP contribution < -0.4 is 10.6 Å². The van der Waals surface area contributed by atoms with Crippen molar-refractivity contribution in [2.45, 2.75) is 50.4 Å². The van der Waals surface area contributed by atoms with E-state index in [2.05, 4.69) is 33.1 Å². The van der Waals surface area contributed by atoms with Gasteiger partial charge in [0.15, 0.2) is 11.7 Å². The molecule has 0 bridgehead atoms. The fraction of sp³-hybridized carbons (Fsp3) is 0.700. The van der Waals surface area contributed by atoms with Gasteiger partial charge in [-0.1, -0.05) is 12.5 Å². The van der Waals surface area contributed by atoms with Crippen molar-refractivity contribution in [3.05, 3.63) is 22.4 Å². The number of amides is 1. The Bertz CT molecular complexity index is 648. The molecule has 7 nitrogen and oxygen atoms in total. The summed E-state index contributed by atoms with van der Waals surface area (Å²) >= 11 is 1.75. The second kappa shape index (κ2) is 12.1. The molecule has 9 heteroatoms. The van der Waals surface area contributed by atoms with Gasteiger partial charge in [-0.2, -0.15) is 0 Å². The molecule has 1 aromatic rings. The van der Waals surface area contributed by atoms with E-state index in [0.717, 1.165) is 25.8 Å². The van der Waals surface area contributed by atoms with Crippen LogP contribution in [0.25, 0.3) is 0 Å². The van der Waals surface area contributed by atoms with Gasteiger partial charge in [0.05, 0.1) is 6.61 Å². The van der Waals surface area contributed by atoms with Gasteiger partial charge < -0.3 is 25.0 Å². The minimum atomic E-state index is -0.366. The number of thiophene rings is 1. The molecule has 1 atom stereocenters. The van der Waals surface area contributed by atoms with Crippen LogP contribution >= 0.6 is 35.3 Å². The summed E-state index contributed by atoms with van der Waals surface area (Å²) in [7, 11) is 3.48. The van der Waals surface area contributed by atoms with Crippen molar-refractivity contribution in [3.8, 4) is 0 Å². The standard InChI is InChI=1S/C20H32N4O3S.HI/c1-24(2)18(25)14-23-19(21-11-8-17-7-6-12-28-17)22-13-16-15-26-20(27-16)9-4-3-5-10-20;/h6-7,12,16H,3-5,8-11,13-15H2,1-2H3,(H2,21,22,23);1H. The lowest BCUT2D eigenvalue weighted by Crippen LogP contribution is -2.43. The first kappa shape index (κ1) is 24.4. The molecule has 1 aliphatic heterocycles. The number of hydrogen-bond donors (Lipinski definition) is 2. The molecule has 1 aromatic heterocycles. The Morgan fingerprint density at radius 1 is 1.31 bits per heavy atom. The number of carbonyl (C=O) groups excluding carboxylic acids is 1. The van der Waals surface area contributed by atoms with Crippen LogP contribution in [0.15, 0.2) is 22.5 Å². The molecule has 2 heterocycles. The van der Waals surface area contributed by atoms with Gasteiger partial charge in [-0.25, -0.2) is 4.99 Å². The van der Waals surface area contributed by atoms with E-state index >= 15 is 0 Å². The van der Waals surface area contributed by atoms with Crippen molar-refractivity contribution in [2.24, 2.45) is 4.99 Å². The van der Waals surface area contributed by atoms with Gasteiger partial charge in [-0.05, 0) is 30.7 Å². The van der Waals surface area contributed by atoms with E-state index in [0.29, 0.717) is 19.1 Å². The number of carbonyl (C=O) groups is 1. The second-order valence-electron chi connectivity index (χ2n) is 7.61. The first-order valence-corrected chi connectivity index (χ1v) is 11.0. The maximum atomic E-state index is 11.9. The molecule has 0 radical (unpaired) electrons. The molecule has 1 amide bonds. The van der Waals surface area contributed by atoms with E-state index < -0.39 is 0 Å². The maximum absolute atomic E-state index is 11.9. The first-order chi connectivity index (χ1) is 13.6. The van der Waals surface area contributed by atoms with Crippen LogP contribution in [-0.4, -0.2) is 69.0 Å². The first-order valence-electron chi connectivity index (χ1n) is 10.1. The summed E-state index contributed by atoms with van der Waals surface area (Å²) in [5, 5.41) is 8.73. The number of rotatable bonds is 7. The zero-order chi connectivity index (χ0) is 19.8. The molecule has 1 saturated carbocycles. The number of hydrogen-bond acceptors (Lipinski definition) is 5. The molecular formula is C20H33IN4O3S. The third-order valence-electron chi connectivity index (χ3n) is 5.14. The topological polar surface area (TPSA) is 75.2 Å². The Balaban J connectivity index is 0.00000300. The Hall–Kier alpha value is -0.910. The lowest BCUT2D eigenvalue weighted by atomic mass is 9.94. The van der Waals surface area contributed by atoms with E-state index in [-0.39, 0.29) is 48.3 Å². The second-order valence-corrected chi connectivity index (χ2v) is 8.64. The smallest absolute Gasteiger partial charge is 0.243 e. The monoisotopic (exact) mass is 536 g/mol. The number of guanidine groups is 1. The average molecular weight is 536 g/mol. The Labute approximate surface area is 194 Å². The molecule has 1 unspecified atom stereocenters. The lowest BCUT2D eigenvalue weighted by Gasteiger charge is -2.31. The number of aliphatic imine (C=N–C) groups is 1. The Morgan fingerprint density at radius 3 is 2.79 bits per heavy atom. The number of ether oxygens (including phenoxy) is 2. The van der Waals surface area contributed by atoms with Crippen LogP contribution in [0.4, 0.5) is 0 Å². The molecule has 164 valence electrons. The molecule has 1 spiro atoms. The Morgan fingerprint density at radius 2 is 2.10 bits per heavy atom. The number of nitrogens with one attached hydrogen (secondary N) is 2. The number of halogens is 1. The predicted octanol–water partition coefficient (Wildman–Crippen LogP) is 2.61. The van der Waals surface area contributed by atoms with Crippen LogP contribution in [0.5, 0.6) is 0 Å². The van der Waals surface area contributed by atoms with Gasteiger partial charge in [0.2, 0.25) is 5.91 Å². The summed E-state index contributed by atoms with van der Waals surface area (Å²) in [4.78, 5) is 19.2. The van der Waals surface area contributed by atoms with Gasteiger partial charge >= 0.3 is 0 Å². The van der Waals surface area contributed by atoms with E-state index in [4.69, 9.17) is 9.47 Å². The van der Waals surface area contributed by atoms with Crippen LogP contribution in [-0.2, 0) is 20.7 Å². The molecule has 0 aromatic carbocycles. The third kappa shape index (κ3) is 7.69. The minimum Gasteiger partial charge on any atom is -0.356 e. The van der Waals surface area contributed by atoms with E-state index in [1.54, 1.807) is 30.3 Å². The third-order valence-corrected chi connectivity index (χ3v) is 6.08. The van der Waals surface area contributed by atoms with E-state index in [1.165, 1.54) is 24.1 Å². The van der Waals surface area contributed by atoms with Crippen molar-refractivity contribution in [2.75, 3.05) is 40.3 Å². The fourth-order valence-corrected chi connectivity index (χ4v) is 4.21. The van der Waals surface area contributed by atoms with Crippen LogP contribution in [0.1, 0.15) is 37.0 Å². The highest BCUT2D eigenvalue weighted by atomic mass is 127. The molecule has 2 aliphatic rings. The molecule has 2 fully saturated rings. The Kier molecular flexibility index (Phi) is 10.1. The summed E-state index contributed by atoms with van der Waals surface area (Å²) in [5.41, 5.74) is 0. The normalized spacial score (nSPS) is 20.9. The molecular weight excluding hydrogens is 503 g/mol. The molecule has 3 rings (SSSR count). The van der Waals surface area contributed by atoms with Gasteiger partial charge in [0.25, 0.3) is 0 Å².